The molecule has 2 aromatic rings. The molecule has 0 aromatic heterocycles. The van der Waals surface area contributed by atoms with Gasteiger partial charge in [0.1, 0.15) is 6.04 Å². The Hall–Kier alpha value is -2.93. The summed E-state index contributed by atoms with van der Waals surface area (Å²) >= 11 is 5.88. The highest BCUT2D eigenvalue weighted by molar-refractivity contribution is 6.30. The lowest BCUT2D eigenvalue weighted by Gasteiger charge is -2.24. The van der Waals surface area contributed by atoms with Gasteiger partial charge in [-0.15, -0.1) is 0 Å². The van der Waals surface area contributed by atoms with Gasteiger partial charge in [0.05, 0.1) is 14.2 Å². The number of benzene rings is 2. The highest BCUT2D eigenvalue weighted by Gasteiger charge is 2.33. The minimum atomic E-state index is -0.470. The van der Waals surface area contributed by atoms with Gasteiger partial charge in [-0.3, -0.25) is 4.79 Å². The third-order valence-corrected chi connectivity index (χ3v) is 5.32. The molecule has 2 N–H and O–H groups in total. The van der Waals surface area contributed by atoms with Crippen LogP contribution >= 0.6 is 11.6 Å². The van der Waals surface area contributed by atoms with Gasteiger partial charge in [-0.1, -0.05) is 17.7 Å². The zero-order valence-electron chi connectivity index (χ0n) is 17.1. The molecule has 0 radical (unpaired) electrons. The largest absolute Gasteiger partial charge is 0.493 e. The predicted octanol–water partition coefficient (Wildman–Crippen LogP) is 3.71. The molecule has 3 amide bonds. The van der Waals surface area contributed by atoms with Crippen LogP contribution in [-0.2, 0) is 11.2 Å². The van der Waals surface area contributed by atoms with Gasteiger partial charge in [0, 0.05) is 23.8 Å². The fraction of sp³-hybridized carbons (Fsp3) is 0.364. The third kappa shape index (κ3) is 5.36. The monoisotopic (exact) mass is 431 g/mol. The van der Waals surface area contributed by atoms with Crippen molar-refractivity contribution in [3.63, 3.8) is 0 Å². The first-order chi connectivity index (χ1) is 14.5. The average molecular weight is 432 g/mol. The van der Waals surface area contributed by atoms with E-state index in [9.17, 15) is 9.59 Å². The van der Waals surface area contributed by atoms with Crippen LogP contribution in [0, 0.1) is 0 Å². The fourth-order valence-corrected chi connectivity index (χ4v) is 3.62. The van der Waals surface area contributed by atoms with Crippen LogP contribution in [0.15, 0.2) is 42.5 Å². The summed E-state index contributed by atoms with van der Waals surface area (Å²) in [7, 11) is 3.18. The molecule has 1 atom stereocenters. The molecule has 1 fully saturated rings. The number of halogens is 1. The maximum absolute atomic E-state index is 12.7. The Labute approximate surface area is 181 Å². The summed E-state index contributed by atoms with van der Waals surface area (Å²) < 4.78 is 10.5. The molecule has 1 unspecified atom stereocenters. The molecule has 30 heavy (non-hydrogen) atoms. The minimum Gasteiger partial charge on any atom is -0.493 e. The topological polar surface area (TPSA) is 79.9 Å². The number of hydrogen-bond donors (Lipinski definition) is 2. The Bertz CT molecular complexity index is 888. The van der Waals surface area contributed by atoms with E-state index in [0.717, 1.165) is 12.0 Å². The van der Waals surface area contributed by atoms with Gasteiger partial charge in [-0.25, -0.2) is 4.79 Å². The second kappa shape index (κ2) is 10.2. The normalized spacial score (nSPS) is 15.6. The zero-order chi connectivity index (χ0) is 21.5. The van der Waals surface area contributed by atoms with Gasteiger partial charge in [0.25, 0.3) is 0 Å². The van der Waals surface area contributed by atoms with Crippen molar-refractivity contribution < 1.29 is 19.1 Å². The van der Waals surface area contributed by atoms with Crippen molar-refractivity contribution in [3.05, 3.63) is 53.1 Å². The number of amides is 3. The van der Waals surface area contributed by atoms with Gasteiger partial charge in [-0.2, -0.15) is 0 Å². The molecule has 7 nitrogen and oxygen atoms in total. The van der Waals surface area contributed by atoms with E-state index in [4.69, 9.17) is 21.1 Å². The molecule has 160 valence electrons. The summed E-state index contributed by atoms with van der Waals surface area (Å²) in [5.74, 6) is 1.18. The van der Waals surface area contributed by atoms with Crippen LogP contribution in [-0.4, -0.2) is 50.2 Å². The van der Waals surface area contributed by atoms with Crippen molar-refractivity contribution in [1.29, 1.82) is 0 Å². The van der Waals surface area contributed by atoms with E-state index in [2.05, 4.69) is 10.6 Å². The molecular formula is C22H26ClN3O4. The number of urea groups is 1. The molecule has 0 aliphatic carbocycles. The van der Waals surface area contributed by atoms with E-state index in [0.29, 0.717) is 48.1 Å². The fourth-order valence-electron chi connectivity index (χ4n) is 3.49. The lowest BCUT2D eigenvalue weighted by Crippen LogP contribution is -2.47. The lowest BCUT2D eigenvalue weighted by molar-refractivity contribution is -0.124. The van der Waals surface area contributed by atoms with Crippen LogP contribution in [0.4, 0.5) is 10.5 Å². The van der Waals surface area contributed by atoms with Gasteiger partial charge >= 0.3 is 6.03 Å². The van der Waals surface area contributed by atoms with E-state index in [1.807, 2.05) is 18.2 Å². The minimum absolute atomic E-state index is 0.140. The molecule has 0 spiro atoms. The number of anilines is 1. The van der Waals surface area contributed by atoms with Gasteiger partial charge < -0.3 is 25.0 Å². The first-order valence-corrected chi connectivity index (χ1v) is 10.2. The molecule has 1 heterocycles. The van der Waals surface area contributed by atoms with Crippen molar-refractivity contribution in [3.8, 4) is 11.5 Å². The van der Waals surface area contributed by atoms with E-state index < -0.39 is 6.04 Å². The average Bonchev–Trinajstić information content (AvgIpc) is 3.25. The highest BCUT2D eigenvalue weighted by atomic mass is 35.5. The number of hydrogen-bond acceptors (Lipinski definition) is 4. The summed E-state index contributed by atoms with van der Waals surface area (Å²) in [5.41, 5.74) is 1.67. The quantitative estimate of drug-likeness (QED) is 0.700. The van der Waals surface area contributed by atoms with Crippen molar-refractivity contribution in [2.45, 2.75) is 25.3 Å². The van der Waals surface area contributed by atoms with Crippen LogP contribution < -0.4 is 20.1 Å². The second-order valence-corrected chi connectivity index (χ2v) is 7.46. The lowest BCUT2D eigenvalue weighted by atomic mass is 10.1. The first-order valence-electron chi connectivity index (χ1n) is 9.83. The van der Waals surface area contributed by atoms with Crippen molar-refractivity contribution in [1.82, 2.24) is 10.2 Å². The van der Waals surface area contributed by atoms with E-state index in [1.54, 1.807) is 43.4 Å². The molecular weight excluding hydrogens is 406 g/mol. The van der Waals surface area contributed by atoms with Crippen LogP contribution in [0.2, 0.25) is 5.02 Å². The molecule has 3 rings (SSSR count). The number of carbonyl (C=O) groups excluding carboxylic acids is 2. The molecule has 0 bridgehead atoms. The Morgan fingerprint density at radius 1 is 1.10 bits per heavy atom. The summed E-state index contributed by atoms with van der Waals surface area (Å²) in [6.45, 7) is 1.02. The smallest absolute Gasteiger partial charge is 0.322 e. The van der Waals surface area contributed by atoms with Crippen molar-refractivity contribution >= 4 is 29.2 Å². The van der Waals surface area contributed by atoms with Crippen LogP contribution in [0.1, 0.15) is 18.4 Å². The van der Waals surface area contributed by atoms with Crippen molar-refractivity contribution in [2.24, 2.45) is 0 Å². The number of carbonyl (C=O) groups is 2. The zero-order valence-corrected chi connectivity index (χ0v) is 17.9. The summed E-state index contributed by atoms with van der Waals surface area (Å²) in [6.07, 6.45) is 2.09. The summed E-state index contributed by atoms with van der Waals surface area (Å²) in [6, 6.07) is 11.8. The van der Waals surface area contributed by atoms with E-state index in [1.165, 1.54) is 0 Å². The first kappa shape index (κ1) is 21.8. The standard InChI is InChI=1S/C22H26ClN3O4/c1-29-19-10-5-15(14-20(19)30-2)11-12-24-21(27)18-4-3-13-26(18)22(28)25-17-8-6-16(23)7-9-17/h5-10,14,18H,3-4,11-13H2,1-2H3,(H,24,27)(H,25,28). The van der Waals surface area contributed by atoms with E-state index in [-0.39, 0.29) is 11.9 Å². The Balaban J connectivity index is 1.53. The molecule has 1 aliphatic rings. The van der Waals surface area contributed by atoms with Crippen LogP contribution in [0.5, 0.6) is 11.5 Å². The highest BCUT2D eigenvalue weighted by Crippen LogP contribution is 2.27. The van der Waals surface area contributed by atoms with Crippen molar-refractivity contribution in [2.75, 3.05) is 32.6 Å². The molecule has 1 aliphatic heterocycles. The summed E-state index contributed by atoms with van der Waals surface area (Å²) in [4.78, 5) is 26.9. The second-order valence-electron chi connectivity index (χ2n) is 7.02. The summed E-state index contributed by atoms with van der Waals surface area (Å²) in [5, 5.41) is 6.37. The number of nitrogens with zero attached hydrogens (tertiary/aromatic N) is 1. The maximum Gasteiger partial charge on any atom is 0.322 e. The SMILES string of the molecule is COc1ccc(CCNC(=O)C2CCCN2C(=O)Nc2ccc(Cl)cc2)cc1OC. The predicted molar refractivity (Wildman–Crippen MR) is 116 cm³/mol. The van der Waals surface area contributed by atoms with E-state index >= 15 is 0 Å². The maximum atomic E-state index is 12.7. The van der Waals surface area contributed by atoms with Gasteiger partial charge in [0.2, 0.25) is 5.91 Å². The van der Waals surface area contributed by atoms with Crippen LogP contribution in [0.25, 0.3) is 0 Å². The number of methoxy groups -OCH3 is 2. The molecule has 8 heteroatoms. The number of nitrogens with one attached hydrogen (secondary N) is 2. The Kier molecular flexibility index (Phi) is 7.41. The molecule has 1 saturated heterocycles. The molecule has 0 saturated carbocycles. The third-order valence-electron chi connectivity index (χ3n) is 5.07. The van der Waals surface area contributed by atoms with Gasteiger partial charge in [0.15, 0.2) is 11.5 Å². The van der Waals surface area contributed by atoms with Gasteiger partial charge in [-0.05, 0) is 61.2 Å². The van der Waals surface area contributed by atoms with Crippen LogP contribution in [0.3, 0.4) is 0 Å². The number of ether oxygens (including phenoxy) is 2. The number of likely N-dealkylation sites (tertiary alicyclic amines) is 1. The molecule has 2 aromatic carbocycles. The Morgan fingerprint density at radius 3 is 2.53 bits per heavy atom. The number of rotatable bonds is 7. The Morgan fingerprint density at radius 2 is 1.83 bits per heavy atom.